The van der Waals surface area contributed by atoms with Crippen LogP contribution < -0.4 is 4.74 Å². The van der Waals surface area contributed by atoms with Crippen LogP contribution in [0.1, 0.15) is 18.4 Å². The van der Waals surface area contributed by atoms with Gasteiger partial charge in [-0.1, -0.05) is 12.1 Å². The molecule has 4 heteroatoms. The lowest BCUT2D eigenvalue weighted by molar-refractivity contribution is 0.163. The highest BCUT2D eigenvalue weighted by Crippen LogP contribution is 2.21. The Balaban J connectivity index is 2.55. The van der Waals surface area contributed by atoms with Gasteiger partial charge in [-0.15, -0.1) is 0 Å². The normalized spacial score (nSPS) is 12.5. The molecule has 0 saturated carbocycles. The van der Waals surface area contributed by atoms with Crippen molar-refractivity contribution < 1.29 is 14.2 Å². The minimum atomic E-state index is -0.483. The first kappa shape index (κ1) is 14.3. The molecule has 0 aliphatic carbocycles. The third kappa shape index (κ3) is 4.56. The van der Waals surface area contributed by atoms with E-state index < -0.39 is 6.10 Å². The van der Waals surface area contributed by atoms with Gasteiger partial charge >= 0.3 is 0 Å². The molecule has 2 nitrogen and oxygen atoms in total. The zero-order valence-electron chi connectivity index (χ0n) is 10.3. The van der Waals surface area contributed by atoms with Crippen molar-refractivity contribution in [1.82, 2.24) is 0 Å². The number of rotatable bonds is 7. The van der Waals surface area contributed by atoms with Gasteiger partial charge in [-0.25, -0.2) is 4.39 Å². The van der Waals surface area contributed by atoms with Gasteiger partial charge in [0, 0.05) is 6.42 Å². The Hall–Kier alpha value is -0.740. The molecule has 1 aromatic rings. The van der Waals surface area contributed by atoms with Crippen LogP contribution in [-0.2, 0) is 6.42 Å². The average molecular weight is 258 g/mol. The number of methoxy groups -OCH3 is 1. The highest BCUT2D eigenvalue weighted by molar-refractivity contribution is 7.98. The fourth-order valence-electron chi connectivity index (χ4n) is 1.69. The van der Waals surface area contributed by atoms with Crippen LogP contribution in [0.3, 0.4) is 0 Å². The molecule has 17 heavy (non-hydrogen) atoms. The third-order valence-corrected chi connectivity index (χ3v) is 3.30. The SMILES string of the molecule is COc1cccc(CC(O)CCCSC)c1F. The van der Waals surface area contributed by atoms with Crippen LogP contribution in [-0.4, -0.2) is 30.3 Å². The van der Waals surface area contributed by atoms with E-state index in [9.17, 15) is 9.50 Å². The van der Waals surface area contributed by atoms with Gasteiger partial charge in [-0.2, -0.15) is 11.8 Å². The minimum Gasteiger partial charge on any atom is -0.494 e. The monoisotopic (exact) mass is 258 g/mol. The second-order valence-electron chi connectivity index (χ2n) is 3.93. The van der Waals surface area contributed by atoms with Gasteiger partial charge in [0.05, 0.1) is 13.2 Å². The van der Waals surface area contributed by atoms with Gasteiger partial charge in [0.25, 0.3) is 0 Å². The summed E-state index contributed by atoms with van der Waals surface area (Å²) in [4.78, 5) is 0. The average Bonchev–Trinajstić information content (AvgIpc) is 2.32. The van der Waals surface area contributed by atoms with Crippen molar-refractivity contribution in [3.05, 3.63) is 29.6 Å². The van der Waals surface area contributed by atoms with Gasteiger partial charge in [-0.3, -0.25) is 0 Å². The molecule has 0 heterocycles. The van der Waals surface area contributed by atoms with Crippen molar-refractivity contribution in [2.24, 2.45) is 0 Å². The van der Waals surface area contributed by atoms with E-state index >= 15 is 0 Å². The van der Waals surface area contributed by atoms with Crippen molar-refractivity contribution in [1.29, 1.82) is 0 Å². The molecule has 0 radical (unpaired) electrons. The maximum absolute atomic E-state index is 13.8. The molecule has 0 fully saturated rings. The number of aliphatic hydroxyl groups is 1. The molecule has 0 amide bonds. The van der Waals surface area contributed by atoms with E-state index in [0.717, 1.165) is 12.2 Å². The first-order valence-corrected chi connectivity index (χ1v) is 7.06. The number of benzene rings is 1. The summed E-state index contributed by atoms with van der Waals surface area (Å²) in [6.07, 6.45) is 3.56. The second-order valence-corrected chi connectivity index (χ2v) is 4.91. The van der Waals surface area contributed by atoms with Gasteiger partial charge in [0.2, 0.25) is 0 Å². The Morgan fingerprint density at radius 1 is 1.47 bits per heavy atom. The maximum Gasteiger partial charge on any atom is 0.168 e. The largest absolute Gasteiger partial charge is 0.494 e. The molecular formula is C13H19FO2S. The third-order valence-electron chi connectivity index (χ3n) is 2.60. The molecule has 1 unspecified atom stereocenters. The number of thioether (sulfide) groups is 1. The van der Waals surface area contributed by atoms with E-state index in [4.69, 9.17) is 4.74 Å². The Kier molecular flexibility index (Phi) is 6.37. The van der Waals surface area contributed by atoms with Gasteiger partial charge < -0.3 is 9.84 Å². The number of aliphatic hydroxyl groups excluding tert-OH is 1. The minimum absolute atomic E-state index is 0.235. The summed E-state index contributed by atoms with van der Waals surface area (Å²) in [5, 5.41) is 9.80. The summed E-state index contributed by atoms with van der Waals surface area (Å²) in [5.41, 5.74) is 0.515. The van der Waals surface area contributed by atoms with Crippen LogP contribution in [0.25, 0.3) is 0 Å². The van der Waals surface area contributed by atoms with E-state index in [1.165, 1.54) is 7.11 Å². The van der Waals surface area contributed by atoms with E-state index in [-0.39, 0.29) is 11.6 Å². The quantitative estimate of drug-likeness (QED) is 0.763. The fraction of sp³-hybridized carbons (Fsp3) is 0.538. The van der Waals surface area contributed by atoms with Gasteiger partial charge in [-0.05, 0) is 36.5 Å². The van der Waals surface area contributed by atoms with Crippen LogP contribution in [0, 0.1) is 5.82 Å². The number of ether oxygens (including phenoxy) is 1. The standard InChI is InChI=1S/C13H19FO2S/c1-16-12-7-3-5-10(13(12)14)9-11(15)6-4-8-17-2/h3,5,7,11,15H,4,6,8-9H2,1-2H3. The number of halogens is 1. The van der Waals surface area contributed by atoms with E-state index in [1.807, 2.05) is 6.26 Å². The van der Waals surface area contributed by atoms with Crippen molar-refractivity contribution >= 4 is 11.8 Å². The number of hydrogen-bond donors (Lipinski definition) is 1. The van der Waals surface area contributed by atoms with Crippen LogP contribution >= 0.6 is 11.8 Å². The van der Waals surface area contributed by atoms with E-state index in [1.54, 1.807) is 30.0 Å². The summed E-state index contributed by atoms with van der Waals surface area (Å²) in [7, 11) is 1.44. The topological polar surface area (TPSA) is 29.5 Å². The molecule has 96 valence electrons. The molecular weight excluding hydrogens is 239 g/mol. The van der Waals surface area contributed by atoms with Crippen LogP contribution in [0.15, 0.2) is 18.2 Å². The molecule has 0 aromatic heterocycles. The van der Waals surface area contributed by atoms with E-state index in [0.29, 0.717) is 18.4 Å². The van der Waals surface area contributed by atoms with E-state index in [2.05, 4.69) is 0 Å². The summed E-state index contributed by atoms with van der Waals surface area (Å²) in [6, 6.07) is 5.01. The molecule has 0 bridgehead atoms. The Labute approximate surface area is 106 Å². The lowest BCUT2D eigenvalue weighted by Crippen LogP contribution is -2.12. The second kappa shape index (κ2) is 7.56. The highest BCUT2D eigenvalue weighted by atomic mass is 32.2. The molecule has 0 spiro atoms. The summed E-state index contributed by atoms with van der Waals surface area (Å²) >= 11 is 1.75. The molecule has 0 saturated heterocycles. The van der Waals surface area contributed by atoms with Crippen molar-refractivity contribution in [2.75, 3.05) is 19.1 Å². The van der Waals surface area contributed by atoms with Crippen LogP contribution in [0.4, 0.5) is 4.39 Å². The van der Waals surface area contributed by atoms with Crippen molar-refractivity contribution in [3.8, 4) is 5.75 Å². The molecule has 1 rings (SSSR count). The molecule has 1 N–H and O–H groups in total. The molecule has 0 aliphatic rings. The maximum atomic E-state index is 13.8. The summed E-state index contributed by atoms with van der Waals surface area (Å²) < 4.78 is 18.7. The Morgan fingerprint density at radius 3 is 2.88 bits per heavy atom. The summed E-state index contributed by atoms with van der Waals surface area (Å²) in [6.45, 7) is 0. The van der Waals surface area contributed by atoms with Gasteiger partial charge in [0.15, 0.2) is 11.6 Å². The van der Waals surface area contributed by atoms with Gasteiger partial charge in [0.1, 0.15) is 0 Å². The molecule has 0 aliphatic heterocycles. The van der Waals surface area contributed by atoms with Crippen molar-refractivity contribution in [3.63, 3.8) is 0 Å². The highest BCUT2D eigenvalue weighted by Gasteiger charge is 2.12. The predicted octanol–water partition coefficient (Wildman–Crippen LogP) is 2.88. The lowest BCUT2D eigenvalue weighted by Gasteiger charge is -2.12. The first-order chi connectivity index (χ1) is 8.19. The zero-order valence-corrected chi connectivity index (χ0v) is 11.1. The summed E-state index contributed by atoms with van der Waals surface area (Å²) in [5.74, 6) is 0.898. The Bertz CT molecular complexity index is 344. The predicted molar refractivity (Wildman–Crippen MR) is 70.3 cm³/mol. The van der Waals surface area contributed by atoms with Crippen LogP contribution in [0.2, 0.25) is 0 Å². The molecule has 1 atom stereocenters. The fourth-order valence-corrected chi connectivity index (χ4v) is 2.15. The lowest BCUT2D eigenvalue weighted by atomic mass is 10.0. The first-order valence-electron chi connectivity index (χ1n) is 5.67. The van der Waals surface area contributed by atoms with Crippen LogP contribution in [0.5, 0.6) is 5.75 Å². The molecule has 1 aromatic carbocycles. The number of hydrogen-bond acceptors (Lipinski definition) is 3. The van der Waals surface area contributed by atoms with Crippen molar-refractivity contribution in [2.45, 2.75) is 25.4 Å². The smallest absolute Gasteiger partial charge is 0.168 e. The Morgan fingerprint density at radius 2 is 2.24 bits per heavy atom. The zero-order chi connectivity index (χ0) is 12.7.